The molecule has 0 saturated carbocycles. The second-order valence-corrected chi connectivity index (χ2v) is 2.64. The summed E-state index contributed by atoms with van der Waals surface area (Å²) in [6.45, 7) is 2.03. The van der Waals surface area contributed by atoms with Crippen molar-refractivity contribution < 1.29 is 0 Å². The number of benzene rings is 1. The standard InChI is InChI=1S/C9H8N3/c1-7-2-4-8(5-3-7)9-6-10-12-11-9/h2-4,6H,1H3,(H,10,11,12). The van der Waals surface area contributed by atoms with E-state index in [9.17, 15) is 0 Å². The van der Waals surface area contributed by atoms with E-state index in [-0.39, 0.29) is 0 Å². The van der Waals surface area contributed by atoms with Gasteiger partial charge in [-0.1, -0.05) is 29.0 Å². The molecule has 2 aromatic rings. The van der Waals surface area contributed by atoms with E-state index >= 15 is 0 Å². The molecule has 1 N–H and O–H groups in total. The van der Waals surface area contributed by atoms with Crippen LogP contribution in [0.25, 0.3) is 11.3 Å². The van der Waals surface area contributed by atoms with Gasteiger partial charge in [-0.15, -0.1) is 5.10 Å². The molecular weight excluding hydrogens is 150 g/mol. The summed E-state index contributed by atoms with van der Waals surface area (Å²) in [6, 6.07) is 9.06. The summed E-state index contributed by atoms with van der Waals surface area (Å²) < 4.78 is 0. The van der Waals surface area contributed by atoms with Crippen molar-refractivity contribution in [1.82, 2.24) is 15.4 Å². The molecule has 0 bridgehead atoms. The van der Waals surface area contributed by atoms with E-state index in [0.717, 1.165) is 11.3 Å². The minimum atomic E-state index is 0.829. The fourth-order valence-electron chi connectivity index (χ4n) is 0.995. The van der Waals surface area contributed by atoms with Gasteiger partial charge in [-0.2, -0.15) is 0 Å². The molecule has 0 aliphatic carbocycles. The monoisotopic (exact) mass is 158 g/mol. The van der Waals surface area contributed by atoms with Gasteiger partial charge in [0.1, 0.15) is 5.69 Å². The summed E-state index contributed by atoms with van der Waals surface area (Å²) >= 11 is 0. The van der Waals surface area contributed by atoms with Crippen molar-refractivity contribution in [2.75, 3.05) is 0 Å². The molecule has 0 amide bonds. The molecule has 1 radical (unpaired) electrons. The molecule has 1 aromatic carbocycles. The lowest BCUT2D eigenvalue weighted by atomic mass is 10.1. The third-order valence-corrected chi connectivity index (χ3v) is 1.66. The van der Waals surface area contributed by atoms with Crippen LogP contribution in [0.1, 0.15) is 5.56 Å². The van der Waals surface area contributed by atoms with Gasteiger partial charge >= 0.3 is 0 Å². The van der Waals surface area contributed by atoms with E-state index in [1.165, 1.54) is 5.56 Å². The largest absolute Gasteiger partial charge is 0.265 e. The number of H-pyrrole nitrogens is 1. The van der Waals surface area contributed by atoms with E-state index in [1.807, 2.05) is 25.1 Å². The molecular formula is C9H8N3. The van der Waals surface area contributed by atoms with Gasteiger partial charge < -0.3 is 0 Å². The molecule has 0 spiro atoms. The van der Waals surface area contributed by atoms with E-state index in [1.54, 1.807) is 6.20 Å². The van der Waals surface area contributed by atoms with Gasteiger partial charge in [0, 0.05) is 5.56 Å². The third kappa shape index (κ3) is 1.21. The number of hydrogen-bond donors (Lipinski definition) is 1. The second kappa shape index (κ2) is 2.77. The minimum Gasteiger partial charge on any atom is -0.265 e. The summed E-state index contributed by atoms with van der Waals surface area (Å²) in [5.41, 5.74) is 2.99. The Hall–Kier alpha value is -1.64. The molecule has 3 heteroatoms. The maximum Gasteiger partial charge on any atom is 0.113 e. The van der Waals surface area contributed by atoms with Crippen molar-refractivity contribution in [3.8, 4) is 11.3 Å². The predicted molar refractivity (Wildman–Crippen MR) is 45.4 cm³/mol. The van der Waals surface area contributed by atoms with Crippen LogP contribution in [0, 0.1) is 13.0 Å². The van der Waals surface area contributed by atoms with E-state index in [4.69, 9.17) is 0 Å². The van der Waals surface area contributed by atoms with Crippen LogP contribution in [-0.4, -0.2) is 15.4 Å². The molecule has 0 saturated heterocycles. The van der Waals surface area contributed by atoms with Crippen LogP contribution in [0.3, 0.4) is 0 Å². The van der Waals surface area contributed by atoms with Crippen LogP contribution in [-0.2, 0) is 0 Å². The number of rotatable bonds is 1. The lowest BCUT2D eigenvalue weighted by Gasteiger charge is -1.94. The Morgan fingerprint density at radius 3 is 2.92 bits per heavy atom. The SMILES string of the molecule is Cc1c[c]c(-c2c[nH]nn2)cc1. The van der Waals surface area contributed by atoms with Crippen LogP contribution < -0.4 is 0 Å². The average molecular weight is 158 g/mol. The second-order valence-electron chi connectivity index (χ2n) is 2.64. The van der Waals surface area contributed by atoms with E-state index < -0.39 is 0 Å². The number of aryl methyl sites for hydroxylation is 1. The Morgan fingerprint density at radius 1 is 1.42 bits per heavy atom. The molecule has 59 valence electrons. The summed E-state index contributed by atoms with van der Waals surface area (Å²) in [4.78, 5) is 0. The number of aromatic nitrogens is 3. The van der Waals surface area contributed by atoms with Crippen molar-refractivity contribution in [3.05, 3.63) is 36.0 Å². The van der Waals surface area contributed by atoms with Crippen molar-refractivity contribution in [1.29, 1.82) is 0 Å². The fraction of sp³-hybridized carbons (Fsp3) is 0.111. The topological polar surface area (TPSA) is 41.6 Å². The number of nitrogens with one attached hydrogen (secondary N) is 1. The Kier molecular flexibility index (Phi) is 1.63. The lowest BCUT2D eigenvalue weighted by molar-refractivity contribution is 0.942. The number of hydrogen-bond acceptors (Lipinski definition) is 2. The quantitative estimate of drug-likeness (QED) is 0.684. The maximum atomic E-state index is 3.88. The molecule has 3 nitrogen and oxygen atoms in total. The van der Waals surface area contributed by atoms with Gasteiger partial charge in [0.15, 0.2) is 0 Å². The Labute approximate surface area is 70.4 Å². The Morgan fingerprint density at radius 2 is 2.33 bits per heavy atom. The van der Waals surface area contributed by atoms with Crippen molar-refractivity contribution in [3.63, 3.8) is 0 Å². The smallest absolute Gasteiger partial charge is 0.113 e. The molecule has 1 aromatic heterocycles. The van der Waals surface area contributed by atoms with E-state index in [0.29, 0.717) is 0 Å². The first-order valence-corrected chi connectivity index (χ1v) is 3.71. The average Bonchev–Trinajstić information content (AvgIpc) is 2.58. The van der Waals surface area contributed by atoms with Crippen LogP contribution in [0.15, 0.2) is 24.4 Å². The minimum absolute atomic E-state index is 0.829. The highest BCUT2D eigenvalue weighted by molar-refractivity contribution is 5.56. The molecule has 0 aliphatic heterocycles. The number of nitrogens with zero attached hydrogens (tertiary/aromatic N) is 2. The van der Waals surface area contributed by atoms with Crippen LogP contribution >= 0.6 is 0 Å². The summed E-state index contributed by atoms with van der Waals surface area (Å²) in [5.74, 6) is 0. The van der Waals surface area contributed by atoms with Crippen LogP contribution in [0.5, 0.6) is 0 Å². The third-order valence-electron chi connectivity index (χ3n) is 1.66. The van der Waals surface area contributed by atoms with Gasteiger partial charge in [0.2, 0.25) is 0 Å². The Bertz CT molecular complexity index is 348. The highest BCUT2D eigenvalue weighted by Gasteiger charge is 1.98. The van der Waals surface area contributed by atoms with E-state index in [2.05, 4.69) is 21.5 Å². The maximum absolute atomic E-state index is 3.88. The summed E-state index contributed by atoms with van der Waals surface area (Å²) in [6.07, 6.45) is 1.75. The molecule has 0 aliphatic rings. The zero-order valence-corrected chi connectivity index (χ0v) is 6.70. The highest BCUT2D eigenvalue weighted by Crippen LogP contribution is 2.14. The summed E-state index contributed by atoms with van der Waals surface area (Å²) in [5, 5.41) is 10.2. The Balaban J connectivity index is 2.43. The first kappa shape index (κ1) is 7.03. The zero-order valence-electron chi connectivity index (χ0n) is 6.70. The molecule has 1 heterocycles. The predicted octanol–water partition coefficient (Wildman–Crippen LogP) is 1.58. The first-order valence-electron chi connectivity index (χ1n) is 3.71. The molecule has 12 heavy (non-hydrogen) atoms. The number of aromatic amines is 1. The van der Waals surface area contributed by atoms with Crippen molar-refractivity contribution >= 4 is 0 Å². The van der Waals surface area contributed by atoms with Gasteiger partial charge in [-0.25, -0.2) is 0 Å². The summed E-state index contributed by atoms with van der Waals surface area (Å²) in [7, 11) is 0. The van der Waals surface area contributed by atoms with Gasteiger partial charge in [0.25, 0.3) is 0 Å². The molecule has 0 unspecified atom stereocenters. The van der Waals surface area contributed by atoms with Crippen molar-refractivity contribution in [2.24, 2.45) is 0 Å². The lowest BCUT2D eigenvalue weighted by Crippen LogP contribution is -1.78. The van der Waals surface area contributed by atoms with Crippen LogP contribution in [0.4, 0.5) is 0 Å². The normalized spacial score (nSPS) is 10.1. The van der Waals surface area contributed by atoms with Crippen LogP contribution in [0.2, 0.25) is 0 Å². The zero-order chi connectivity index (χ0) is 8.39. The molecule has 2 rings (SSSR count). The van der Waals surface area contributed by atoms with Gasteiger partial charge in [-0.05, 0) is 13.0 Å². The highest BCUT2D eigenvalue weighted by atomic mass is 15.3. The molecule has 0 atom stereocenters. The first-order chi connectivity index (χ1) is 5.86. The molecule has 0 fully saturated rings. The fourth-order valence-corrected chi connectivity index (χ4v) is 0.995. The van der Waals surface area contributed by atoms with Gasteiger partial charge in [-0.3, -0.25) is 5.10 Å². The van der Waals surface area contributed by atoms with Gasteiger partial charge in [0.05, 0.1) is 6.20 Å². The van der Waals surface area contributed by atoms with Crippen molar-refractivity contribution in [2.45, 2.75) is 6.92 Å².